The Bertz CT molecular complexity index is 1210. The molecule has 0 bridgehead atoms. The van der Waals surface area contributed by atoms with Crippen molar-refractivity contribution >= 4 is 22.7 Å². The van der Waals surface area contributed by atoms with Crippen LogP contribution in [0.3, 0.4) is 0 Å². The molecule has 0 aromatic carbocycles. The molecule has 32 heavy (non-hydrogen) atoms. The summed E-state index contributed by atoms with van der Waals surface area (Å²) in [5.41, 5.74) is 0.555. The maximum atomic E-state index is 13.0. The Labute approximate surface area is 185 Å². The minimum Gasteiger partial charge on any atom is -0.343 e. The van der Waals surface area contributed by atoms with Gasteiger partial charge in [-0.3, -0.25) is 23.7 Å². The summed E-state index contributed by atoms with van der Waals surface area (Å²) in [6.07, 6.45) is 6.96. The second-order valence-electron chi connectivity index (χ2n) is 9.46. The Hall–Kier alpha value is -3.30. The van der Waals surface area contributed by atoms with E-state index in [-0.39, 0.29) is 28.6 Å². The Morgan fingerprint density at radius 2 is 1.88 bits per heavy atom. The highest BCUT2D eigenvalue weighted by atomic mass is 16.2. The lowest BCUT2D eigenvalue weighted by Gasteiger charge is -2.34. The molecule has 4 heterocycles. The minimum atomic E-state index is -0.387. The van der Waals surface area contributed by atoms with Crippen molar-refractivity contribution in [2.75, 3.05) is 13.1 Å². The fraction of sp³-hybridized carbons (Fsp3) is 0.545. The van der Waals surface area contributed by atoms with E-state index in [0.717, 1.165) is 0 Å². The molecule has 0 atom stereocenters. The van der Waals surface area contributed by atoms with E-state index < -0.39 is 0 Å². The smallest absolute Gasteiger partial charge is 0.262 e. The summed E-state index contributed by atoms with van der Waals surface area (Å²) < 4.78 is 3.20. The van der Waals surface area contributed by atoms with Crippen molar-refractivity contribution in [2.24, 2.45) is 25.4 Å². The third kappa shape index (κ3) is 4.49. The van der Waals surface area contributed by atoms with E-state index in [1.807, 2.05) is 18.7 Å². The number of aryl methyl sites for hydroxylation is 2. The first-order valence-electron chi connectivity index (χ1n) is 10.8. The second kappa shape index (κ2) is 8.33. The number of amides is 1. The monoisotopic (exact) mass is 439 g/mol. The van der Waals surface area contributed by atoms with Crippen LogP contribution < -0.4 is 5.56 Å². The van der Waals surface area contributed by atoms with Crippen molar-refractivity contribution in [2.45, 2.75) is 39.5 Å². The quantitative estimate of drug-likeness (QED) is 0.581. The topological polar surface area (TPSA) is 119 Å². The third-order valence-electron chi connectivity index (χ3n) is 6.13. The van der Waals surface area contributed by atoms with Gasteiger partial charge in [-0.2, -0.15) is 10.2 Å². The van der Waals surface area contributed by atoms with Crippen LogP contribution in [0.2, 0.25) is 0 Å². The molecular formula is C22H29N7O3. The van der Waals surface area contributed by atoms with Crippen LogP contribution in [0.4, 0.5) is 0 Å². The Morgan fingerprint density at radius 1 is 1.16 bits per heavy atom. The van der Waals surface area contributed by atoms with Crippen molar-refractivity contribution < 1.29 is 9.59 Å². The number of Topliss-reactive ketones (excluding diaryl/α,β-unsaturated/α-hetero) is 1. The molecule has 4 rings (SSSR count). The molecule has 3 aromatic rings. The first-order valence-corrected chi connectivity index (χ1v) is 10.8. The first kappa shape index (κ1) is 21.9. The number of carbonyl (C=O) groups is 2. The number of nitrogens with zero attached hydrogens (tertiary/aromatic N) is 6. The highest BCUT2D eigenvalue weighted by molar-refractivity contribution is 5.97. The molecule has 0 aliphatic carbocycles. The van der Waals surface area contributed by atoms with E-state index >= 15 is 0 Å². The number of aromatic amines is 1. The van der Waals surface area contributed by atoms with Crippen molar-refractivity contribution in [3.63, 3.8) is 0 Å². The van der Waals surface area contributed by atoms with Gasteiger partial charge in [-0.1, -0.05) is 13.8 Å². The van der Waals surface area contributed by atoms with Crippen LogP contribution in [-0.2, 0) is 25.3 Å². The maximum absolute atomic E-state index is 13.0. The first-order chi connectivity index (χ1) is 15.1. The zero-order valence-corrected chi connectivity index (χ0v) is 19.0. The second-order valence-corrected chi connectivity index (χ2v) is 9.46. The van der Waals surface area contributed by atoms with Gasteiger partial charge in [0.15, 0.2) is 11.4 Å². The number of nitrogens with one attached hydrogen (secondary N) is 1. The molecule has 3 aromatic heterocycles. The molecule has 1 aliphatic rings. The molecule has 0 saturated carbocycles. The number of likely N-dealkylation sites (tertiary alicyclic amines) is 1. The van der Waals surface area contributed by atoms with Crippen LogP contribution in [-0.4, -0.2) is 59.2 Å². The normalized spacial score (nSPS) is 15.4. The number of aromatic nitrogens is 6. The Kier molecular flexibility index (Phi) is 5.70. The van der Waals surface area contributed by atoms with E-state index in [1.54, 1.807) is 35.9 Å². The number of rotatable bonds is 6. The summed E-state index contributed by atoms with van der Waals surface area (Å²) in [4.78, 5) is 47.1. The SMILES string of the molecule is Cn1cc(C(=O)C2CCN(C(=O)CC(C)(C)Cc3nc4c(cnn4C)c(=O)[nH]3)CC2)cn1. The highest BCUT2D eigenvalue weighted by Crippen LogP contribution is 2.28. The molecule has 1 amide bonds. The van der Waals surface area contributed by atoms with Gasteiger partial charge in [0.2, 0.25) is 5.91 Å². The fourth-order valence-electron chi connectivity index (χ4n) is 4.37. The van der Waals surface area contributed by atoms with Gasteiger partial charge in [0.05, 0.1) is 18.0 Å². The van der Waals surface area contributed by atoms with Crippen molar-refractivity contribution in [1.29, 1.82) is 0 Å². The Balaban J connectivity index is 1.36. The van der Waals surface area contributed by atoms with E-state index in [2.05, 4.69) is 20.2 Å². The number of fused-ring (bicyclic) bond motifs is 1. The van der Waals surface area contributed by atoms with Gasteiger partial charge >= 0.3 is 0 Å². The van der Waals surface area contributed by atoms with Crippen LogP contribution in [0, 0.1) is 11.3 Å². The van der Waals surface area contributed by atoms with Crippen molar-refractivity contribution in [3.8, 4) is 0 Å². The number of carbonyl (C=O) groups excluding carboxylic acids is 2. The van der Waals surface area contributed by atoms with E-state index in [9.17, 15) is 14.4 Å². The third-order valence-corrected chi connectivity index (χ3v) is 6.13. The molecule has 0 radical (unpaired) electrons. The molecule has 10 nitrogen and oxygen atoms in total. The van der Waals surface area contributed by atoms with Crippen LogP contribution in [0.15, 0.2) is 23.4 Å². The molecule has 0 unspecified atom stereocenters. The number of H-pyrrole nitrogens is 1. The van der Waals surface area contributed by atoms with E-state index in [4.69, 9.17) is 0 Å². The summed E-state index contributed by atoms with van der Waals surface area (Å²) in [6, 6.07) is 0. The molecular weight excluding hydrogens is 410 g/mol. The maximum Gasteiger partial charge on any atom is 0.262 e. The Morgan fingerprint density at radius 3 is 2.53 bits per heavy atom. The van der Waals surface area contributed by atoms with Crippen molar-refractivity contribution in [1.82, 2.24) is 34.4 Å². The average Bonchev–Trinajstić information content (AvgIpc) is 3.33. The summed E-state index contributed by atoms with van der Waals surface area (Å²) in [5, 5.41) is 8.61. The lowest BCUT2D eigenvalue weighted by Crippen LogP contribution is -2.42. The number of ketones is 1. The molecule has 1 saturated heterocycles. The summed E-state index contributed by atoms with van der Waals surface area (Å²) in [5.74, 6) is 0.637. The molecule has 170 valence electrons. The van der Waals surface area contributed by atoms with Gasteiger partial charge in [0, 0.05) is 52.1 Å². The number of piperidine rings is 1. The lowest BCUT2D eigenvalue weighted by atomic mass is 9.84. The fourth-order valence-corrected chi connectivity index (χ4v) is 4.37. The summed E-state index contributed by atoms with van der Waals surface area (Å²) in [6.45, 7) is 5.14. The van der Waals surface area contributed by atoms with Gasteiger partial charge < -0.3 is 9.88 Å². The largest absolute Gasteiger partial charge is 0.343 e. The average molecular weight is 440 g/mol. The highest BCUT2D eigenvalue weighted by Gasteiger charge is 2.31. The molecule has 0 spiro atoms. The number of hydrogen-bond acceptors (Lipinski definition) is 6. The molecule has 1 aliphatic heterocycles. The standard InChI is InChI=1S/C22H29N7O3/c1-22(2,9-17-25-20-16(21(32)26-17)12-24-28(20)4)10-18(30)29-7-5-14(6-8-29)19(31)15-11-23-27(3)13-15/h11-14H,5-10H2,1-4H3,(H,25,26,32). The van der Waals surface area contributed by atoms with Gasteiger partial charge in [0.1, 0.15) is 11.2 Å². The van der Waals surface area contributed by atoms with Crippen molar-refractivity contribution in [3.05, 3.63) is 40.3 Å². The minimum absolute atomic E-state index is 0.0613. The van der Waals surface area contributed by atoms with Gasteiger partial charge in [-0.25, -0.2) is 4.98 Å². The zero-order valence-electron chi connectivity index (χ0n) is 19.0. The summed E-state index contributed by atoms with van der Waals surface area (Å²) in [7, 11) is 3.54. The van der Waals surface area contributed by atoms with Crippen LogP contribution >= 0.6 is 0 Å². The molecule has 1 fully saturated rings. The van der Waals surface area contributed by atoms with E-state index in [1.165, 1.54) is 6.20 Å². The lowest BCUT2D eigenvalue weighted by molar-refractivity contribution is -0.134. The van der Waals surface area contributed by atoms with E-state index in [0.29, 0.717) is 61.2 Å². The predicted octanol–water partition coefficient (Wildman–Crippen LogP) is 1.47. The summed E-state index contributed by atoms with van der Waals surface area (Å²) >= 11 is 0. The van der Waals surface area contributed by atoms with Gasteiger partial charge in [-0.15, -0.1) is 0 Å². The van der Waals surface area contributed by atoms with Crippen LogP contribution in [0.1, 0.15) is 49.3 Å². The van der Waals surface area contributed by atoms with Crippen LogP contribution in [0.25, 0.3) is 11.0 Å². The predicted molar refractivity (Wildman–Crippen MR) is 118 cm³/mol. The molecule has 10 heteroatoms. The van der Waals surface area contributed by atoms with Crippen LogP contribution in [0.5, 0.6) is 0 Å². The molecule has 1 N–H and O–H groups in total. The van der Waals surface area contributed by atoms with Gasteiger partial charge in [-0.05, 0) is 18.3 Å². The zero-order chi connectivity index (χ0) is 23.0. The van der Waals surface area contributed by atoms with Gasteiger partial charge in [0.25, 0.3) is 5.56 Å². The number of hydrogen-bond donors (Lipinski definition) is 1.